The zero-order valence-corrected chi connectivity index (χ0v) is 12.3. The van der Waals surface area contributed by atoms with Gasteiger partial charge in [0.15, 0.2) is 0 Å². The molecule has 0 radical (unpaired) electrons. The molecule has 2 aromatic carbocycles. The molecular formula is C17H16N2O3. The molecule has 2 rings (SSSR count). The maximum atomic E-state index is 12.0. The number of hydrogen-bond donors (Lipinski definition) is 2. The molecule has 0 aliphatic rings. The third-order valence-corrected chi connectivity index (χ3v) is 2.96. The Kier molecular flexibility index (Phi) is 4.68. The Morgan fingerprint density at radius 1 is 0.864 bits per heavy atom. The SMILES string of the molecule is CC(=O)Nc1cccc(NC(=O)C(=O)c2ccc(C)cc2)c1. The molecule has 0 atom stereocenters. The number of carbonyl (C=O) groups is 3. The summed E-state index contributed by atoms with van der Waals surface area (Å²) in [5.41, 5.74) is 2.34. The second kappa shape index (κ2) is 6.67. The minimum absolute atomic E-state index is 0.209. The van der Waals surface area contributed by atoms with Crippen molar-refractivity contribution in [2.24, 2.45) is 0 Å². The molecule has 5 heteroatoms. The molecule has 112 valence electrons. The van der Waals surface area contributed by atoms with Gasteiger partial charge in [-0.25, -0.2) is 0 Å². The van der Waals surface area contributed by atoms with Crippen LogP contribution in [0.25, 0.3) is 0 Å². The molecule has 0 aliphatic carbocycles. The van der Waals surface area contributed by atoms with Crippen LogP contribution in [-0.2, 0) is 9.59 Å². The van der Waals surface area contributed by atoms with Crippen LogP contribution in [0.5, 0.6) is 0 Å². The Labute approximate surface area is 128 Å². The Hall–Kier alpha value is -2.95. The Balaban J connectivity index is 2.09. The molecule has 0 saturated carbocycles. The monoisotopic (exact) mass is 296 g/mol. The van der Waals surface area contributed by atoms with E-state index >= 15 is 0 Å². The van der Waals surface area contributed by atoms with Crippen LogP contribution in [0.2, 0.25) is 0 Å². The number of hydrogen-bond acceptors (Lipinski definition) is 3. The third-order valence-electron chi connectivity index (χ3n) is 2.96. The van der Waals surface area contributed by atoms with E-state index in [-0.39, 0.29) is 5.91 Å². The van der Waals surface area contributed by atoms with Gasteiger partial charge in [-0.1, -0.05) is 35.9 Å². The molecule has 2 amide bonds. The normalized spacial score (nSPS) is 9.91. The van der Waals surface area contributed by atoms with Gasteiger partial charge in [-0.05, 0) is 25.1 Å². The lowest BCUT2D eigenvalue weighted by molar-refractivity contribution is -0.114. The van der Waals surface area contributed by atoms with Crippen molar-refractivity contribution < 1.29 is 14.4 Å². The van der Waals surface area contributed by atoms with Gasteiger partial charge in [-0.3, -0.25) is 14.4 Å². The number of anilines is 2. The molecule has 0 aromatic heterocycles. The molecule has 0 aliphatic heterocycles. The summed E-state index contributed by atoms with van der Waals surface area (Å²) in [7, 11) is 0. The fourth-order valence-corrected chi connectivity index (χ4v) is 1.90. The van der Waals surface area contributed by atoms with E-state index in [0.717, 1.165) is 5.56 Å². The van der Waals surface area contributed by atoms with E-state index in [4.69, 9.17) is 0 Å². The number of carbonyl (C=O) groups excluding carboxylic acids is 3. The predicted octanol–water partition coefficient (Wildman–Crippen LogP) is 2.77. The fourth-order valence-electron chi connectivity index (χ4n) is 1.90. The highest BCUT2D eigenvalue weighted by atomic mass is 16.2. The largest absolute Gasteiger partial charge is 0.326 e. The van der Waals surface area contributed by atoms with E-state index in [1.165, 1.54) is 6.92 Å². The van der Waals surface area contributed by atoms with Crippen molar-refractivity contribution >= 4 is 29.0 Å². The topological polar surface area (TPSA) is 75.3 Å². The zero-order valence-electron chi connectivity index (χ0n) is 12.3. The molecule has 2 aromatic rings. The summed E-state index contributed by atoms with van der Waals surface area (Å²) in [4.78, 5) is 35.0. The summed E-state index contributed by atoms with van der Waals surface area (Å²) in [6.45, 7) is 3.30. The molecule has 5 nitrogen and oxygen atoms in total. The highest BCUT2D eigenvalue weighted by Crippen LogP contribution is 2.15. The molecule has 0 saturated heterocycles. The lowest BCUT2D eigenvalue weighted by atomic mass is 10.1. The van der Waals surface area contributed by atoms with E-state index in [9.17, 15) is 14.4 Å². The second-order valence-electron chi connectivity index (χ2n) is 4.91. The summed E-state index contributed by atoms with van der Waals surface area (Å²) >= 11 is 0. The molecule has 22 heavy (non-hydrogen) atoms. The third kappa shape index (κ3) is 4.02. The van der Waals surface area contributed by atoms with E-state index in [2.05, 4.69) is 10.6 Å². The summed E-state index contributed by atoms with van der Waals surface area (Å²) < 4.78 is 0. The molecule has 0 unspecified atom stereocenters. The van der Waals surface area contributed by atoms with Crippen molar-refractivity contribution in [3.8, 4) is 0 Å². The molecule has 0 fully saturated rings. The number of benzene rings is 2. The number of Topliss-reactive ketones (excluding diaryl/α,β-unsaturated/α-hetero) is 1. The van der Waals surface area contributed by atoms with Gasteiger partial charge < -0.3 is 10.6 Å². The van der Waals surface area contributed by atoms with Crippen molar-refractivity contribution in [3.63, 3.8) is 0 Å². The first-order chi connectivity index (χ1) is 10.5. The van der Waals surface area contributed by atoms with Crippen molar-refractivity contribution in [2.75, 3.05) is 10.6 Å². The summed E-state index contributed by atoms with van der Waals surface area (Å²) in [6.07, 6.45) is 0. The first-order valence-electron chi connectivity index (χ1n) is 6.76. The number of aryl methyl sites for hydroxylation is 1. The van der Waals surface area contributed by atoms with Crippen LogP contribution >= 0.6 is 0 Å². The van der Waals surface area contributed by atoms with Gasteiger partial charge in [0.25, 0.3) is 11.7 Å². The van der Waals surface area contributed by atoms with Gasteiger partial charge >= 0.3 is 0 Å². The Morgan fingerprint density at radius 3 is 2.05 bits per heavy atom. The fraction of sp³-hybridized carbons (Fsp3) is 0.118. The first-order valence-corrected chi connectivity index (χ1v) is 6.76. The quantitative estimate of drug-likeness (QED) is 0.673. The summed E-state index contributed by atoms with van der Waals surface area (Å²) in [5.74, 6) is -1.53. The lowest BCUT2D eigenvalue weighted by Crippen LogP contribution is -2.22. The first kappa shape index (κ1) is 15.4. The van der Waals surface area contributed by atoms with Gasteiger partial charge in [-0.15, -0.1) is 0 Å². The van der Waals surface area contributed by atoms with Crippen molar-refractivity contribution in [1.82, 2.24) is 0 Å². The smallest absolute Gasteiger partial charge is 0.296 e. The van der Waals surface area contributed by atoms with Gasteiger partial charge in [0.2, 0.25) is 5.91 Å². The zero-order chi connectivity index (χ0) is 16.1. The van der Waals surface area contributed by atoms with Crippen LogP contribution in [0.15, 0.2) is 48.5 Å². The summed E-state index contributed by atoms with van der Waals surface area (Å²) in [5, 5.41) is 5.14. The lowest BCUT2D eigenvalue weighted by Gasteiger charge is -2.07. The molecule has 0 heterocycles. The van der Waals surface area contributed by atoms with Crippen molar-refractivity contribution in [2.45, 2.75) is 13.8 Å². The number of ketones is 1. The minimum atomic E-state index is -0.719. The van der Waals surface area contributed by atoms with Crippen LogP contribution in [0.4, 0.5) is 11.4 Å². The van der Waals surface area contributed by atoms with Crippen LogP contribution in [0, 0.1) is 6.92 Å². The average Bonchev–Trinajstić information content (AvgIpc) is 2.47. The molecule has 2 N–H and O–H groups in total. The van der Waals surface area contributed by atoms with Gasteiger partial charge in [-0.2, -0.15) is 0 Å². The van der Waals surface area contributed by atoms with Gasteiger partial charge in [0.05, 0.1) is 0 Å². The highest BCUT2D eigenvalue weighted by Gasteiger charge is 2.16. The standard InChI is InChI=1S/C17H16N2O3/c1-11-6-8-13(9-7-11)16(21)17(22)19-15-5-3-4-14(10-15)18-12(2)20/h3-10H,1-2H3,(H,18,20)(H,19,22). The van der Waals surface area contributed by atoms with Crippen molar-refractivity contribution in [1.29, 1.82) is 0 Å². The maximum Gasteiger partial charge on any atom is 0.296 e. The van der Waals surface area contributed by atoms with Crippen LogP contribution in [0.1, 0.15) is 22.8 Å². The minimum Gasteiger partial charge on any atom is -0.326 e. The van der Waals surface area contributed by atoms with E-state index in [1.54, 1.807) is 48.5 Å². The van der Waals surface area contributed by atoms with Crippen molar-refractivity contribution in [3.05, 3.63) is 59.7 Å². The predicted molar refractivity (Wildman–Crippen MR) is 84.9 cm³/mol. The maximum absolute atomic E-state index is 12.0. The number of nitrogens with one attached hydrogen (secondary N) is 2. The van der Waals surface area contributed by atoms with Crippen LogP contribution in [-0.4, -0.2) is 17.6 Å². The van der Waals surface area contributed by atoms with Gasteiger partial charge in [0, 0.05) is 23.9 Å². The van der Waals surface area contributed by atoms with Crippen LogP contribution in [0.3, 0.4) is 0 Å². The molecular weight excluding hydrogens is 280 g/mol. The van der Waals surface area contributed by atoms with E-state index < -0.39 is 11.7 Å². The number of amides is 2. The molecule has 0 bridgehead atoms. The Bertz CT molecular complexity index is 721. The van der Waals surface area contributed by atoms with Gasteiger partial charge in [0.1, 0.15) is 0 Å². The van der Waals surface area contributed by atoms with Crippen LogP contribution < -0.4 is 10.6 Å². The van der Waals surface area contributed by atoms with E-state index in [0.29, 0.717) is 16.9 Å². The Morgan fingerprint density at radius 2 is 1.45 bits per heavy atom. The average molecular weight is 296 g/mol. The second-order valence-corrected chi connectivity index (χ2v) is 4.91. The molecule has 0 spiro atoms. The highest BCUT2D eigenvalue weighted by molar-refractivity contribution is 6.46. The summed E-state index contributed by atoms with van der Waals surface area (Å²) in [6, 6.07) is 13.4. The number of rotatable bonds is 4. The van der Waals surface area contributed by atoms with E-state index in [1.807, 2.05) is 6.92 Å².